The Bertz CT molecular complexity index is 405. The largest absolute Gasteiger partial charge is 0.352 e. The second-order valence-electron chi connectivity index (χ2n) is 5.42. The van der Waals surface area contributed by atoms with Crippen LogP contribution in [0.25, 0.3) is 0 Å². The third kappa shape index (κ3) is 2.87. The number of aromatic nitrogens is 2. The monoisotopic (exact) mass is 261 g/mol. The minimum Gasteiger partial charge on any atom is -0.352 e. The van der Waals surface area contributed by atoms with Gasteiger partial charge < -0.3 is 10.2 Å². The van der Waals surface area contributed by atoms with Gasteiger partial charge in [-0.3, -0.25) is 9.88 Å². The molecule has 3 rings (SSSR count). The van der Waals surface area contributed by atoms with E-state index in [4.69, 9.17) is 0 Å². The van der Waals surface area contributed by atoms with Crippen molar-refractivity contribution < 1.29 is 0 Å². The number of hydrogen-bond donors (Lipinski definition) is 1. The number of fused-ring (bicyclic) bond motifs is 1. The maximum Gasteiger partial charge on any atom is 0.147 e. The maximum absolute atomic E-state index is 4.57. The zero-order valence-corrected chi connectivity index (χ0v) is 11.7. The molecule has 2 aliphatic heterocycles. The van der Waals surface area contributed by atoms with Crippen molar-refractivity contribution in [3.8, 4) is 0 Å². The van der Waals surface area contributed by atoms with Gasteiger partial charge in [-0.2, -0.15) is 0 Å². The Morgan fingerprint density at radius 3 is 3.00 bits per heavy atom. The van der Waals surface area contributed by atoms with E-state index in [-0.39, 0.29) is 0 Å². The van der Waals surface area contributed by atoms with Crippen molar-refractivity contribution in [1.29, 1.82) is 0 Å². The van der Waals surface area contributed by atoms with Gasteiger partial charge in [0.15, 0.2) is 0 Å². The summed E-state index contributed by atoms with van der Waals surface area (Å²) in [6, 6.07) is 0.733. The molecule has 1 unspecified atom stereocenters. The first-order valence-electron chi connectivity index (χ1n) is 7.37. The van der Waals surface area contributed by atoms with E-state index in [1.807, 2.05) is 12.4 Å². The van der Waals surface area contributed by atoms with Crippen molar-refractivity contribution in [1.82, 2.24) is 20.2 Å². The maximum atomic E-state index is 4.57. The van der Waals surface area contributed by atoms with E-state index in [2.05, 4.69) is 32.0 Å². The van der Waals surface area contributed by atoms with Gasteiger partial charge in [-0.25, -0.2) is 4.98 Å². The first kappa shape index (κ1) is 12.8. The van der Waals surface area contributed by atoms with Gasteiger partial charge in [0.25, 0.3) is 0 Å². The van der Waals surface area contributed by atoms with Crippen LogP contribution in [0.3, 0.4) is 0 Å². The van der Waals surface area contributed by atoms with Gasteiger partial charge in [0, 0.05) is 32.2 Å². The van der Waals surface area contributed by atoms with Crippen molar-refractivity contribution >= 4 is 5.82 Å². The van der Waals surface area contributed by atoms with Crippen LogP contribution in [0.5, 0.6) is 0 Å². The molecule has 2 fully saturated rings. The van der Waals surface area contributed by atoms with E-state index in [1.54, 1.807) is 0 Å². The van der Waals surface area contributed by atoms with Gasteiger partial charge in [0.1, 0.15) is 5.82 Å². The van der Waals surface area contributed by atoms with Crippen molar-refractivity contribution in [2.75, 3.05) is 37.6 Å². The number of rotatable bonds is 4. The molecule has 0 amide bonds. The van der Waals surface area contributed by atoms with Crippen LogP contribution >= 0.6 is 0 Å². The van der Waals surface area contributed by atoms with Gasteiger partial charge in [-0.05, 0) is 25.9 Å². The molecule has 0 aliphatic carbocycles. The van der Waals surface area contributed by atoms with E-state index < -0.39 is 0 Å². The normalized spacial score (nSPS) is 23.6. The summed E-state index contributed by atoms with van der Waals surface area (Å²) in [5, 5.41) is 3.27. The van der Waals surface area contributed by atoms with Crippen LogP contribution < -0.4 is 10.2 Å². The summed E-state index contributed by atoms with van der Waals surface area (Å²) in [6.45, 7) is 8.52. The fourth-order valence-electron chi connectivity index (χ4n) is 3.05. The summed E-state index contributed by atoms with van der Waals surface area (Å²) in [5.74, 6) is 1.03. The summed E-state index contributed by atoms with van der Waals surface area (Å²) < 4.78 is 0. The van der Waals surface area contributed by atoms with E-state index in [0.29, 0.717) is 0 Å². The molecule has 0 bridgehead atoms. The van der Waals surface area contributed by atoms with Crippen LogP contribution in [0.4, 0.5) is 5.82 Å². The molecule has 0 aromatic carbocycles. The average molecular weight is 261 g/mol. The van der Waals surface area contributed by atoms with Crippen LogP contribution in [0.2, 0.25) is 0 Å². The summed E-state index contributed by atoms with van der Waals surface area (Å²) in [7, 11) is 0. The zero-order valence-electron chi connectivity index (χ0n) is 11.7. The quantitative estimate of drug-likeness (QED) is 0.871. The summed E-state index contributed by atoms with van der Waals surface area (Å²) in [4.78, 5) is 14.1. The molecule has 0 spiro atoms. The lowest BCUT2D eigenvalue weighted by atomic mass is 10.1. The van der Waals surface area contributed by atoms with Crippen LogP contribution in [-0.2, 0) is 6.54 Å². The predicted molar refractivity (Wildman–Crippen MR) is 76.2 cm³/mol. The highest BCUT2D eigenvalue weighted by Crippen LogP contribution is 2.23. The Hall–Kier alpha value is -1.20. The van der Waals surface area contributed by atoms with Gasteiger partial charge in [0.05, 0.1) is 18.1 Å². The van der Waals surface area contributed by atoms with Crippen LogP contribution in [-0.4, -0.2) is 53.6 Å². The molecule has 2 aliphatic rings. The Labute approximate surface area is 115 Å². The molecular weight excluding hydrogens is 238 g/mol. The lowest BCUT2D eigenvalue weighted by molar-refractivity contribution is 0.230. The highest BCUT2D eigenvalue weighted by atomic mass is 15.3. The molecule has 2 saturated heterocycles. The van der Waals surface area contributed by atoms with E-state index in [9.17, 15) is 0 Å². The topological polar surface area (TPSA) is 44.3 Å². The lowest BCUT2D eigenvalue weighted by Gasteiger charge is -2.37. The Kier molecular flexibility index (Phi) is 3.94. The van der Waals surface area contributed by atoms with Crippen molar-refractivity contribution in [3.63, 3.8) is 0 Å². The van der Waals surface area contributed by atoms with E-state index in [0.717, 1.165) is 43.7 Å². The van der Waals surface area contributed by atoms with E-state index in [1.165, 1.54) is 25.9 Å². The molecular formula is C14H23N5. The highest BCUT2D eigenvalue weighted by molar-refractivity contribution is 5.37. The predicted octanol–water partition coefficient (Wildman–Crippen LogP) is 0.870. The number of anilines is 1. The highest BCUT2D eigenvalue weighted by Gasteiger charge is 2.30. The lowest BCUT2D eigenvalue weighted by Crippen LogP contribution is -2.50. The van der Waals surface area contributed by atoms with Crippen molar-refractivity contribution in [2.24, 2.45) is 0 Å². The molecule has 0 saturated carbocycles. The number of nitrogens with one attached hydrogen (secondary N) is 1. The van der Waals surface area contributed by atoms with E-state index >= 15 is 0 Å². The summed E-state index contributed by atoms with van der Waals surface area (Å²) >= 11 is 0. The number of piperazine rings is 1. The zero-order chi connectivity index (χ0) is 13.1. The third-order valence-corrected chi connectivity index (χ3v) is 4.16. The van der Waals surface area contributed by atoms with Crippen LogP contribution in [0.15, 0.2) is 12.4 Å². The van der Waals surface area contributed by atoms with Gasteiger partial charge in [0.2, 0.25) is 0 Å². The second-order valence-corrected chi connectivity index (χ2v) is 5.42. The molecule has 19 heavy (non-hydrogen) atoms. The molecule has 3 heterocycles. The molecule has 1 aromatic heterocycles. The Morgan fingerprint density at radius 2 is 2.21 bits per heavy atom. The van der Waals surface area contributed by atoms with Gasteiger partial charge in [-0.15, -0.1) is 0 Å². The first-order valence-corrected chi connectivity index (χ1v) is 7.37. The molecule has 5 nitrogen and oxygen atoms in total. The van der Waals surface area contributed by atoms with Crippen molar-refractivity contribution in [3.05, 3.63) is 18.1 Å². The second kappa shape index (κ2) is 5.84. The smallest absolute Gasteiger partial charge is 0.147 e. The molecule has 1 N–H and O–H groups in total. The molecule has 104 valence electrons. The minimum absolute atomic E-state index is 0.733. The Morgan fingerprint density at radius 1 is 1.26 bits per heavy atom. The fourth-order valence-corrected chi connectivity index (χ4v) is 3.05. The first-order chi connectivity index (χ1) is 9.36. The summed E-state index contributed by atoms with van der Waals surface area (Å²) in [5.41, 5.74) is 1.02. The molecule has 0 radical (unpaired) electrons. The number of hydrogen-bond acceptors (Lipinski definition) is 5. The van der Waals surface area contributed by atoms with Crippen molar-refractivity contribution in [2.45, 2.75) is 32.4 Å². The van der Waals surface area contributed by atoms with Crippen LogP contribution in [0.1, 0.15) is 25.5 Å². The molecule has 1 atom stereocenters. The van der Waals surface area contributed by atoms with Gasteiger partial charge in [-0.1, -0.05) is 6.92 Å². The number of nitrogens with zero attached hydrogens (tertiary/aromatic N) is 4. The van der Waals surface area contributed by atoms with Gasteiger partial charge >= 0.3 is 0 Å². The standard InChI is InChI=1S/C14H23N5/c1-2-15-8-12-9-17-14(10-16-12)19-7-6-18-5-3-4-13(18)11-19/h9-10,13,15H,2-8,11H2,1H3. The SMILES string of the molecule is CCNCc1cnc(N2CCN3CCCC3C2)cn1. The fraction of sp³-hybridized carbons (Fsp3) is 0.714. The molecule has 5 heteroatoms. The Balaban J connectivity index is 1.62. The average Bonchev–Trinajstić information content (AvgIpc) is 2.93. The third-order valence-electron chi connectivity index (χ3n) is 4.16. The molecule has 1 aromatic rings. The summed E-state index contributed by atoms with van der Waals surface area (Å²) in [6.07, 6.45) is 6.52. The minimum atomic E-state index is 0.733. The van der Waals surface area contributed by atoms with Crippen LogP contribution in [0, 0.1) is 0 Å².